The first-order chi connectivity index (χ1) is 18.4. The molecule has 3 N–H and O–H groups in total. The van der Waals surface area contributed by atoms with Gasteiger partial charge in [-0.05, 0) is 56.5 Å². The first-order valence-electron chi connectivity index (χ1n) is 13.0. The highest BCUT2D eigenvalue weighted by Gasteiger charge is 2.34. The molecule has 0 bridgehead atoms. The summed E-state index contributed by atoms with van der Waals surface area (Å²) in [7, 11) is -3.81. The SMILES string of the molecule is CCOCc1nc2c(N)nc3ccccc3c2n1[C@H](C)CO[P@@](=O)(N[C@@H](C)C(C)(C)C)Oc1ccc(Cl)cc1. The van der Waals surface area contributed by atoms with E-state index in [0.717, 1.165) is 16.4 Å². The summed E-state index contributed by atoms with van der Waals surface area (Å²) in [6.07, 6.45) is 0. The smallest absolute Gasteiger partial charge is 0.413 e. The maximum atomic E-state index is 14.1. The molecule has 0 aliphatic carbocycles. The van der Waals surface area contributed by atoms with Gasteiger partial charge in [-0.2, -0.15) is 0 Å². The lowest BCUT2D eigenvalue weighted by molar-refractivity contribution is 0.122. The summed E-state index contributed by atoms with van der Waals surface area (Å²) in [5, 5.41) is 4.58. The predicted molar refractivity (Wildman–Crippen MR) is 157 cm³/mol. The Hall–Kier alpha value is -2.68. The minimum Gasteiger partial charge on any atom is -0.413 e. The van der Waals surface area contributed by atoms with Gasteiger partial charge in [0.05, 0.1) is 23.7 Å². The molecule has 0 fully saturated rings. The Morgan fingerprint density at radius 1 is 1.10 bits per heavy atom. The number of nitrogens with zero attached hydrogens (tertiary/aromatic N) is 3. The molecule has 0 amide bonds. The van der Waals surface area contributed by atoms with Crippen molar-refractivity contribution in [1.29, 1.82) is 0 Å². The summed E-state index contributed by atoms with van der Waals surface area (Å²) in [5.41, 5.74) is 8.32. The molecule has 0 saturated carbocycles. The standard InChI is InChI=1S/C28H37ClN5O4P/c1-7-36-17-24-32-25-26(22-10-8-9-11-23(22)31-27(25)30)34(24)18(2)16-37-39(35,33-19(3)28(4,5)6)38-21-14-12-20(29)13-15-21/h8-15,18-19H,7,16-17H2,1-6H3,(H2,30,31)(H,33,35)/t18-,19+,39+/m1/s1. The van der Waals surface area contributed by atoms with Crippen molar-refractivity contribution in [2.75, 3.05) is 18.9 Å². The van der Waals surface area contributed by atoms with Crippen LogP contribution in [0.1, 0.15) is 53.4 Å². The number of nitrogen functional groups attached to an aromatic ring is 1. The lowest BCUT2D eigenvalue weighted by Crippen LogP contribution is -2.37. The number of halogens is 1. The minimum absolute atomic E-state index is 0.0653. The van der Waals surface area contributed by atoms with Crippen LogP contribution in [0, 0.1) is 5.41 Å². The van der Waals surface area contributed by atoms with Gasteiger partial charge in [0.15, 0.2) is 5.82 Å². The number of ether oxygens (including phenoxy) is 1. The highest BCUT2D eigenvalue weighted by Crippen LogP contribution is 2.47. The molecule has 2 aromatic carbocycles. The van der Waals surface area contributed by atoms with Gasteiger partial charge in [0, 0.05) is 23.1 Å². The molecule has 9 nitrogen and oxygen atoms in total. The highest BCUT2D eigenvalue weighted by molar-refractivity contribution is 7.52. The second kappa shape index (κ2) is 11.8. The average molecular weight is 574 g/mol. The number of para-hydroxylation sites is 1. The van der Waals surface area contributed by atoms with Gasteiger partial charge in [-0.25, -0.2) is 19.6 Å². The molecule has 0 aliphatic heterocycles. The molecule has 39 heavy (non-hydrogen) atoms. The van der Waals surface area contributed by atoms with Gasteiger partial charge in [-0.3, -0.25) is 4.52 Å². The first kappa shape index (κ1) is 29.3. The summed E-state index contributed by atoms with van der Waals surface area (Å²) < 4.78 is 33.9. The van der Waals surface area contributed by atoms with Crippen LogP contribution < -0.4 is 15.3 Å². The van der Waals surface area contributed by atoms with E-state index < -0.39 is 7.75 Å². The summed E-state index contributed by atoms with van der Waals surface area (Å²) in [6, 6.07) is 14.0. The largest absolute Gasteiger partial charge is 0.459 e. The fraction of sp³-hybridized carbons (Fsp3) is 0.429. The second-order valence-corrected chi connectivity index (χ2v) is 12.8. The zero-order valence-electron chi connectivity index (χ0n) is 23.3. The van der Waals surface area contributed by atoms with E-state index in [1.165, 1.54) is 0 Å². The van der Waals surface area contributed by atoms with Crippen LogP contribution in [0.2, 0.25) is 5.02 Å². The molecule has 0 saturated heterocycles. The number of imidazole rings is 1. The van der Waals surface area contributed by atoms with Gasteiger partial charge in [-0.15, -0.1) is 0 Å². The van der Waals surface area contributed by atoms with Crippen LogP contribution >= 0.6 is 19.3 Å². The number of nitrogens with one attached hydrogen (secondary N) is 1. The van der Waals surface area contributed by atoms with E-state index in [4.69, 9.17) is 36.1 Å². The van der Waals surface area contributed by atoms with E-state index in [2.05, 4.69) is 30.8 Å². The van der Waals surface area contributed by atoms with Gasteiger partial charge < -0.3 is 19.6 Å². The summed E-state index contributed by atoms with van der Waals surface area (Å²) in [5.74, 6) is 1.40. The van der Waals surface area contributed by atoms with E-state index in [-0.39, 0.29) is 30.7 Å². The van der Waals surface area contributed by atoms with E-state index in [1.807, 2.05) is 49.6 Å². The molecule has 0 radical (unpaired) electrons. The number of hydrogen-bond acceptors (Lipinski definition) is 7. The Labute approximate surface area is 234 Å². The molecular formula is C28H37ClN5O4P. The highest BCUT2D eigenvalue weighted by atomic mass is 35.5. The Kier molecular flexibility index (Phi) is 8.88. The van der Waals surface area contributed by atoms with Gasteiger partial charge in [0.2, 0.25) is 0 Å². The number of pyridine rings is 1. The van der Waals surface area contributed by atoms with Crippen LogP contribution in [0.25, 0.3) is 21.9 Å². The normalized spacial score (nSPS) is 15.4. The zero-order chi connectivity index (χ0) is 28.4. The molecular weight excluding hydrogens is 537 g/mol. The number of aromatic nitrogens is 3. The molecule has 2 heterocycles. The number of anilines is 1. The molecule has 210 valence electrons. The zero-order valence-corrected chi connectivity index (χ0v) is 24.9. The Morgan fingerprint density at radius 3 is 2.46 bits per heavy atom. The van der Waals surface area contributed by atoms with Crippen LogP contribution in [0.3, 0.4) is 0 Å². The monoisotopic (exact) mass is 573 g/mol. The van der Waals surface area contributed by atoms with E-state index in [1.54, 1.807) is 24.3 Å². The lowest BCUT2D eigenvalue weighted by Gasteiger charge is -2.32. The Bertz CT molecular complexity index is 1490. The quantitative estimate of drug-likeness (QED) is 0.182. The lowest BCUT2D eigenvalue weighted by atomic mass is 9.89. The van der Waals surface area contributed by atoms with Crippen LogP contribution in [-0.2, 0) is 20.4 Å². The number of rotatable bonds is 11. The van der Waals surface area contributed by atoms with Crippen LogP contribution in [0.4, 0.5) is 5.82 Å². The van der Waals surface area contributed by atoms with Crippen molar-refractivity contribution in [2.24, 2.45) is 5.41 Å². The van der Waals surface area contributed by atoms with E-state index in [9.17, 15) is 4.57 Å². The molecule has 2 aromatic heterocycles. The van der Waals surface area contributed by atoms with Gasteiger partial charge in [0.25, 0.3) is 0 Å². The number of nitrogens with two attached hydrogens (primary N) is 1. The van der Waals surface area contributed by atoms with Crippen molar-refractivity contribution in [3.05, 3.63) is 59.4 Å². The van der Waals surface area contributed by atoms with Crippen molar-refractivity contribution in [3.8, 4) is 5.75 Å². The van der Waals surface area contributed by atoms with Crippen molar-refractivity contribution in [1.82, 2.24) is 19.6 Å². The third-order valence-electron chi connectivity index (χ3n) is 6.68. The summed E-state index contributed by atoms with van der Waals surface area (Å²) in [4.78, 5) is 9.33. The molecule has 3 atom stereocenters. The maximum absolute atomic E-state index is 14.1. The fourth-order valence-corrected chi connectivity index (χ4v) is 6.05. The first-order valence-corrected chi connectivity index (χ1v) is 14.9. The summed E-state index contributed by atoms with van der Waals surface area (Å²) >= 11 is 6.03. The Morgan fingerprint density at radius 2 is 1.79 bits per heavy atom. The topological polar surface area (TPSA) is 114 Å². The van der Waals surface area contributed by atoms with Crippen LogP contribution in [0.5, 0.6) is 5.75 Å². The molecule has 4 aromatic rings. The fourth-order valence-electron chi connectivity index (χ4n) is 4.07. The number of hydrogen-bond donors (Lipinski definition) is 2. The predicted octanol–water partition coefficient (Wildman–Crippen LogP) is 7.15. The van der Waals surface area contributed by atoms with Crippen molar-refractivity contribution >= 4 is 47.1 Å². The second-order valence-electron chi connectivity index (χ2n) is 10.7. The molecule has 0 aliphatic rings. The van der Waals surface area contributed by atoms with Crippen molar-refractivity contribution in [3.63, 3.8) is 0 Å². The number of benzene rings is 2. The van der Waals surface area contributed by atoms with Crippen LogP contribution in [0.15, 0.2) is 48.5 Å². The van der Waals surface area contributed by atoms with Gasteiger partial charge in [0.1, 0.15) is 23.7 Å². The third-order valence-corrected chi connectivity index (χ3v) is 8.57. The molecule has 11 heteroatoms. The molecule has 4 rings (SSSR count). The Balaban J connectivity index is 1.71. The number of fused-ring (bicyclic) bond motifs is 3. The third kappa shape index (κ3) is 6.73. The van der Waals surface area contributed by atoms with Crippen LogP contribution in [-0.4, -0.2) is 33.8 Å². The van der Waals surface area contributed by atoms with E-state index >= 15 is 0 Å². The molecule has 0 unspecified atom stereocenters. The van der Waals surface area contributed by atoms with Gasteiger partial charge >= 0.3 is 7.75 Å². The van der Waals surface area contributed by atoms with Crippen molar-refractivity contribution < 1.29 is 18.3 Å². The van der Waals surface area contributed by atoms with Crippen molar-refractivity contribution in [2.45, 2.75) is 60.2 Å². The van der Waals surface area contributed by atoms with E-state index in [0.29, 0.717) is 34.5 Å². The summed E-state index contributed by atoms with van der Waals surface area (Å²) in [6.45, 7) is 12.9. The average Bonchev–Trinajstić information content (AvgIpc) is 3.27. The van der Waals surface area contributed by atoms with Gasteiger partial charge in [-0.1, -0.05) is 50.6 Å². The minimum atomic E-state index is -3.81. The maximum Gasteiger partial charge on any atom is 0.459 e. The molecule has 0 spiro atoms.